The van der Waals surface area contributed by atoms with Crippen molar-refractivity contribution in [3.8, 4) is 17.0 Å². The van der Waals surface area contributed by atoms with Gasteiger partial charge in [-0.1, -0.05) is 12.1 Å². The molecule has 102 valence electrons. The molecule has 0 aliphatic carbocycles. The quantitative estimate of drug-likeness (QED) is 0.787. The van der Waals surface area contributed by atoms with Gasteiger partial charge in [-0.15, -0.1) is 0 Å². The average molecular weight is 267 g/mol. The van der Waals surface area contributed by atoms with Crippen molar-refractivity contribution < 1.29 is 4.74 Å². The van der Waals surface area contributed by atoms with Crippen molar-refractivity contribution >= 4 is 11.3 Å². The van der Waals surface area contributed by atoms with Crippen molar-refractivity contribution in [2.75, 3.05) is 19.0 Å². The van der Waals surface area contributed by atoms with Crippen LogP contribution in [0, 0.1) is 0 Å². The Morgan fingerprint density at radius 3 is 2.80 bits per heavy atom. The zero-order chi connectivity index (χ0) is 13.9. The molecule has 0 saturated carbocycles. The Hall–Kier alpha value is -2.49. The molecule has 0 radical (unpaired) electrons. The fourth-order valence-electron chi connectivity index (χ4n) is 2.29. The highest BCUT2D eigenvalue weighted by Gasteiger charge is 2.09. The van der Waals surface area contributed by atoms with Crippen molar-refractivity contribution in [1.29, 1.82) is 0 Å². The molecule has 2 aromatic heterocycles. The Bertz CT molecular complexity index is 733. The molecular formula is C16H17N3O. The molecule has 1 aromatic carbocycles. The van der Waals surface area contributed by atoms with Crippen molar-refractivity contribution in [2.45, 2.75) is 6.92 Å². The van der Waals surface area contributed by atoms with Gasteiger partial charge < -0.3 is 14.5 Å². The molecule has 0 spiro atoms. The molecule has 4 nitrogen and oxygen atoms in total. The molecule has 0 aliphatic rings. The maximum absolute atomic E-state index is 5.40. The number of fused-ring (bicyclic) bond motifs is 1. The van der Waals surface area contributed by atoms with Crippen LogP contribution in [-0.2, 0) is 0 Å². The predicted octanol–water partition coefficient (Wildman–Crippen LogP) is 3.44. The number of methoxy groups -OCH3 is 1. The van der Waals surface area contributed by atoms with Crippen LogP contribution in [0.25, 0.3) is 16.9 Å². The summed E-state index contributed by atoms with van der Waals surface area (Å²) in [6.07, 6.45) is 4.07. The van der Waals surface area contributed by atoms with E-state index < -0.39 is 0 Å². The third-order valence-electron chi connectivity index (χ3n) is 3.21. The van der Waals surface area contributed by atoms with Gasteiger partial charge in [-0.2, -0.15) is 0 Å². The van der Waals surface area contributed by atoms with Gasteiger partial charge in [-0.05, 0) is 31.2 Å². The smallest absolute Gasteiger partial charge is 0.137 e. The second-order valence-corrected chi connectivity index (χ2v) is 4.54. The lowest BCUT2D eigenvalue weighted by molar-refractivity contribution is 0.416. The topological polar surface area (TPSA) is 38.6 Å². The molecule has 1 N–H and O–H groups in total. The first kappa shape index (κ1) is 12.5. The SMILES string of the molecule is CCNc1ccc2nc(-c3ccccc3OC)cn2c1. The van der Waals surface area contributed by atoms with Crippen LogP contribution in [-0.4, -0.2) is 23.0 Å². The molecule has 0 unspecified atom stereocenters. The van der Waals surface area contributed by atoms with Gasteiger partial charge in [-0.3, -0.25) is 0 Å². The van der Waals surface area contributed by atoms with Gasteiger partial charge >= 0.3 is 0 Å². The van der Waals surface area contributed by atoms with E-state index in [0.717, 1.165) is 34.9 Å². The number of aromatic nitrogens is 2. The number of anilines is 1. The molecular weight excluding hydrogens is 250 g/mol. The van der Waals surface area contributed by atoms with Crippen molar-refractivity contribution in [3.05, 3.63) is 48.8 Å². The van der Waals surface area contributed by atoms with E-state index >= 15 is 0 Å². The number of hydrogen-bond acceptors (Lipinski definition) is 3. The zero-order valence-corrected chi connectivity index (χ0v) is 11.6. The average Bonchev–Trinajstić information content (AvgIpc) is 2.90. The highest BCUT2D eigenvalue weighted by molar-refractivity contribution is 5.69. The standard InChI is InChI=1S/C16H17N3O/c1-3-17-12-8-9-16-18-14(11-19(16)10-12)13-6-4-5-7-15(13)20-2/h4-11,17H,3H2,1-2H3. The minimum Gasteiger partial charge on any atom is -0.496 e. The van der Waals surface area contributed by atoms with Crippen LogP contribution < -0.4 is 10.1 Å². The fraction of sp³-hybridized carbons (Fsp3) is 0.188. The summed E-state index contributed by atoms with van der Waals surface area (Å²) in [5.41, 5.74) is 3.93. The third-order valence-corrected chi connectivity index (χ3v) is 3.21. The number of para-hydroxylation sites is 1. The summed E-state index contributed by atoms with van der Waals surface area (Å²) in [6.45, 7) is 2.98. The molecule has 0 amide bonds. The molecule has 0 fully saturated rings. The van der Waals surface area contributed by atoms with E-state index in [1.54, 1.807) is 7.11 Å². The van der Waals surface area contributed by atoms with E-state index in [2.05, 4.69) is 17.2 Å². The second kappa shape index (κ2) is 5.25. The molecule has 0 aliphatic heterocycles. The summed E-state index contributed by atoms with van der Waals surface area (Å²) >= 11 is 0. The minimum atomic E-state index is 0.836. The molecule has 2 heterocycles. The first-order valence-electron chi connectivity index (χ1n) is 6.68. The number of nitrogens with one attached hydrogen (secondary N) is 1. The van der Waals surface area contributed by atoms with Crippen molar-refractivity contribution in [3.63, 3.8) is 0 Å². The Balaban J connectivity index is 2.08. The molecule has 0 bridgehead atoms. The summed E-state index contributed by atoms with van der Waals surface area (Å²) in [4.78, 5) is 4.65. The van der Waals surface area contributed by atoms with Gasteiger partial charge in [0.1, 0.15) is 11.4 Å². The maximum atomic E-state index is 5.40. The minimum absolute atomic E-state index is 0.836. The van der Waals surface area contributed by atoms with E-state index in [0.29, 0.717) is 0 Å². The number of ether oxygens (including phenoxy) is 1. The molecule has 3 aromatic rings. The van der Waals surface area contributed by atoms with Gasteiger partial charge in [0.15, 0.2) is 0 Å². The molecule has 3 rings (SSSR count). The zero-order valence-electron chi connectivity index (χ0n) is 11.6. The first-order chi connectivity index (χ1) is 9.81. The molecule has 4 heteroatoms. The molecule has 0 saturated heterocycles. The maximum Gasteiger partial charge on any atom is 0.137 e. The van der Waals surface area contributed by atoms with Gasteiger partial charge in [0, 0.05) is 24.5 Å². The van der Waals surface area contributed by atoms with Crippen LogP contribution in [0.15, 0.2) is 48.8 Å². The lowest BCUT2D eigenvalue weighted by atomic mass is 10.1. The Labute approximate surface area is 118 Å². The van der Waals surface area contributed by atoms with Gasteiger partial charge in [-0.25, -0.2) is 4.98 Å². The molecule has 0 atom stereocenters. The monoisotopic (exact) mass is 267 g/mol. The van der Waals surface area contributed by atoms with Crippen LogP contribution in [0.5, 0.6) is 5.75 Å². The predicted molar refractivity (Wildman–Crippen MR) is 81.3 cm³/mol. The van der Waals surface area contributed by atoms with Crippen LogP contribution >= 0.6 is 0 Å². The third kappa shape index (κ3) is 2.20. The largest absolute Gasteiger partial charge is 0.496 e. The summed E-state index contributed by atoms with van der Waals surface area (Å²) in [5.74, 6) is 0.836. The van der Waals surface area contributed by atoms with E-state index in [4.69, 9.17) is 4.74 Å². The van der Waals surface area contributed by atoms with Crippen molar-refractivity contribution in [2.24, 2.45) is 0 Å². The number of nitrogens with zero attached hydrogens (tertiary/aromatic N) is 2. The number of rotatable bonds is 4. The number of benzene rings is 1. The lowest BCUT2D eigenvalue weighted by Crippen LogP contribution is -1.97. The summed E-state index contributed by atoms with van der Waals surface area (Å²) < 4.78 is 7.42. The highest BCUT2D eigenvalue weighted by atomic mass is 16.5. The number of hydrogen-bond donors (Lipinski definition) is 1. The lowest BCUT2D eigenvalue weighted by Gasteiger charge is -2.04. The van der Waals surface area contributed by atoms with Crippen LogP contribution in [0.2, 0.25) is 0 Å². The second-order valence-electron chi connectivity index (χ2n) is 4.54. The van der Waals surface area contributed by atoms with E-state index in [9.17, 15) is 0 Å². The Kier molecular flexibility index (Phi) is 3.29. The fourth-order valence-corrected chi connectivity index (χ4v) is 2.29. The Morgan fingerprint density at radius 1 is 1.15 bits per heavy atom. The summed E-state index contributed by atoms with van der Waals surface area (Å²) in [7, 11) is 1.68. The van der Waals surface area contributed by atoms with Gasteiger partial charge in [0.25, 0.3) is 0 Å². The van der Waals surface area contributed by atoms with E-state index in [1.165, 1.54) is 0 Å². The van der Waals surface area contributed by atoms with Gasteiger partial charge in [0.2, 0.25) is 0 Å². The number of imidazole rings is 1. The summed E-state index contributed by atoms with van der Waals surface area (Å²) in [6, 6.07) is 12.0. The summed E-state index contributed by atoms with van der Waals surface area (Å²) in [5, 5.41) is 3.30. The number of pyridine rings is 1. The normalized spacial score (nSPS) is 10.7. The van der Waals surface area contributed by atoms with Crippen LogP contribution in [0.3, 0.4) is 0 Å². The van der Waals surface area contributed by atoms with Crippen LogP contribution in [0.4, 0.5) is 5.69 Å². The van der Waals surface area contributed by atoms with Crippen molar-refractivity contribution in [1.82, 2.24) is 9.38 Å². The molecule has 20 heavy (non-hydrogen) atoms. The van der Waals surface area contributed by atoms with Crippen LogP contribution in [0.1, 0.15) is 6.92 Å². The van der Waals surface area contributed by atoms with Gasteiger partial charge in [0.05, 0.1) is 18.5 Å². The van der Waals surface area contributed by atoms with E-state index in [-0.39, 0.29) is 0 Å². The first-order valence-corrected chi connectivity index (χ1v) is 6.68. The Morgan fingerprint density at radius 2 is 2.00 bits per heavy atom. The van der Waals surface area contributed by atoms with E-state index in [1.807, 2.05) is 53.2 Å². The highest BCUT2D eigenvalue weighted by Crippen LogP contribution is 2.29.